The highest BCUT2D eigenvalue weighted by molar-refractivity contribution is 5.79. The van der Waals surface area contributed by atoms with Gasteiger partial charge in [0.25, 0.3) is 0 Å². The Morgan fingerprint density at radius 3 is 2.61 bits per heavy atom. The van der Waals surface area contributed by atoms with Crippen molar-refractivity contribution in [3.05, 3.63) is 59.5 Å². The van der Waals surface area contributed by atoms with Crippen LogP contribution in [0.15, 0.2) is 47.6 Å². The minimum atomic E-state index is -0.227. The van der Waals surface area contributed by atoms with Gasteiger partial charge in [0, 0.05) is 45.5 Å². The highest BCUT2D eigenvalue weighted by Gasteiger charge is 2.23. The minimum Gasteiger partial charge on any atom is -0.478 e. The van der Waals surface area contributed by atoms with Crippen LogP contribution in [0.25, 0.3) is 0 Å². The first kappa shape index (κ1) is 23.0. The van der Waals surface area contributed by atoms with Crippen LogP contribution in [0.2, 0.25) is 0 Å². The van der Waals surface area contributed by atoms with E-state index in [1.807, 2.05) is 24.3 Å². The fraction of sp³-hybridized carbons (Fsp3) is 0.478. The van der Waals surface area contributed by atoms with Crippen LogP contribution in [-0.2, 0) is 11.3 Å². The average Bonchev–Trinajstić information content (AvgIpc) is 2.82. The summed E-state index contributed by atoms with van der Waals surface area (Å²) in [5, 5.41) is 6.73. The first-order valence-corrected chi connectivity index (χ1v) is 10.8. The molecule has 1 aromatic heterocycles. The lowest BCUT2D eigenvalue weighted by Crippen LogP contribution is -2.46. The van der Waals surface area contributed by atoms with E-state index in [9.17, 15) is 4.39 Å². The summed E-state index contributed by atoms with van der Waals surface area (Å²) in [4.78, 5) is 11.0. The van der Waals surface area contributed by atoms with E-state index in [1.165, 1.54) is 12.1 Å². The number of hydrogen-bond donors (Lipinski definition) is 2. The largest absolute Gasteiger partial charge is 0.478 e. The van der Waals surface area contributed by atoms with Crippen LogP contribution in [0.4, 0.5) is 4.39 Å². The second kappa shape index (κ2) is 12.2. The van der Waals surface area contributed by atoms with Crippen molar-refractivity contribution in [1.82, 2.24) is 20.5 Å². The molecule has 31 heavy (non-hydrogen) atoms. The van der Waals surface area contributed by atoms with Crippen LogP contribution in [0.3, 0.4) is 0 Å². The van der Waals surface area contributed by atoms with E-state index >= 15 is 0 Å². The van der Waals surface area contributed by atoms with Gasteiger partial charge in [-0.25, -0.2) is 9.37 Å². The molecule has 0 radical (unpaired) electrons. The number of rotatable bonds is 9. The molecular formula is C23H32FN5O2. The Kier molecular flexibility index (Phi) is 9.05. The number of nitrogens with zero attached hydrogens (tertiary/aromatic N) is 3. The maximum atomic E-state index is 13.4. The molecule has 3 rings (SSSR count). The number of ether oxygens (including phenoxy) is 2. The van der Waals surface area contributed by atoms with Crippen LogP contribution in [0.1, 0.15) is 30.5 Å². The SMILES string of the molecule is CCCOc1ccc(CNC(=NC)NCC(c2ccc(F)cc2)N2CCOCC2)cn1. The molecule has 8 heteroatoms. The van der Waals surface area contributed by atoms with Crippen molar-refractivity contribution in [2.24, 2.45) is 4.99 Å². The van der Waals surface area contributed by atoms with E-state index < -0.39 is 0 Å². The number of aromatic nitrogens is 1. The highest BCUT2D eigenvalue weighted by atomic mass is 19.1. The van der Waals surface area contributed by atoms with E-state index in [2.05, 4.69) is 32.4 Å². The van der Waals surface area contributed by atoms with Crippen LogP contribution in [0, 0.1) is 5.82 Å². The van der Waals surface area contributed by atoms with Crippen LogP contribution < -0.4 is 15.4 Å². The Balaban J connectivity index is 1.56. The van der Waals surface area contributed by atoms with Gasteiger partial charge in [-0.05, 0) is 29.7 Å². The van der Waals surface area contributed by atoms with E-state index in [0.717, 1.165) is 30.6 Å². The summed E-state index contributed by atoms with van der Waals surface area (Å²) in [6.45, 7) is 7.07. The molecule has 2 N–H and O–H groups in total. The summed E-state index contributed by atoms with van der Waals surface area (Å²) in [5.41, 5.74) is 2.10. The van der Waals surface area contributed by atoms with E-state index in [1.54, 1.807) is 13.2 Å². The molecule has 0 spiro atoms. The first-order valence-electron chi connectivity index (χ1n) is 10.8. The lowest BCUT2D eigenvalue weighted by Gasteiger charge is -2.35. The van der Waals surface area contributed by atoms with E-state index in [4.69, 9.17) is 9.47 Å². The quantitative estimate of drug-likeness (QED) is 0.472. The topological polar surface area (TPSA) is 71.0 Å². The van der Waals surface area contributed by atoms with Gasteiger partial charge in [-0.3, -0.25) is 9.89 Å². The molecule has 1 unspecified atom stereocenters. The number of pyridine rings is 1. The van der Waals surface area contributed by atoms with Gasteiger partial charge in [-0.15, -0.1) is 0 Å². The van der Waals surface area contributed by atoms with Gasteiger partial charge in [-0.1, -0.05) is 25.1 Å². The lowest BCUT2D eigenvalue weighted by atomic mass is 10.0. The van der Waals surface area contributed by atoms with Gasteiger partial charge in [0.15, 0.2) is 5.96 Å². The molecule has 2 aromatic rings. The maximum absolute atomic E-state index is 13.4. The molecule has 1 atom stereocenters. The molecule has 2 heterocycles. The lowest BCUT2D eigenvalue weighted by molar-refractivity contribution is 0.0170. The third-order valence-corrected chi connectivity index (χ3v) is 5.14. The summed E-state index contributed by atoms with van der Waals surface area (Å²) >= 11 is 0. The molecular weight excluding hydrogens is 397 g/mol. The van der Waals surface area contributed by atoms with Gasteiger partial charge in [0.1, 0.15) is 5.82 Å². The minimum absolute atomic E-state index is 0.0970. The van der Waals surface area contributed by atoms with Crippen molar-refractivity contribution in [1.29, 1.82) is 0 Å². The van der Waals surface area contributed by atoms with Gasteiger partial charge < -0.3 is 20.1 Å². The third kappa shape index (κ3) is 7.18. The van der Waals surface area contributed by atoms with Crippen molar-refractivity contribution in [2.45, 2.75) is 25.9 Å². The molecule has 0 aliphatic carbocycles. The summed E-state index contributed by atoms with van der Waals surface area (Å²) in [7, 11) is 1.75. The van der Waals surface area contributed by atoms with Crippen molar-refractivity contribution in [3.63, 3.8) is 0 Å². The Morgan fingerprint density at radius 2 is 1.97 bits per heavy atom. The number of nitrogens with one attached hydrogen (secondary N) is 2. The zero-order valence-corrected chi connectivity index (χ0v) is 18.3. The fourth-order valence-electron chi connectivity index (χ4n) is 3.44. The zero-order valence-electron chi connectivity index (χ0n) is 18.3. The molecule has 0 amide bonds. The summed E-state index contributed by atoms with van der Waals surface area (Å²) < 4.78 is 24.4. The smallest absolute Gasteiger partial charge is 0.213 e. The maximum Gasteiger partial charge on any atom is 0.213 e. The second-order valence-electron chi connectivity index (χ2n) is 7.38. The van der Waals surface area contributed by atoms with E-state index in [-0.39, 0.29) is 11.9 Å². The fourth-order valence-corrected chi connectivity index (χ4v) is 3.44. The predicted molar refractivity (Wildman–Crippen MR) is 120 cm³/mol. The molecule has 0 saturated carbocycles. The zero-order chi connectivity index (χ0) is 21.9. The Hall–Kier alpha value is -2.71. The van der Waals surface area contributed by atoms with Crippen LogP contribution >= 0.6 is 0 Å². The number of benzene rings is 1. The molecule has 1 aromatic carbocycles. The summed E-state index contributed by atoms with van der Waals surface area (Å²) in [5.74, 6) is 1.11. The van der Waals surface area contributed by atoms with Gasteiger partial charge in [-0.2, -0.15) is 0 Å². The summed E-state index contributed by atoms with van der Waals surface area (Å²) in [6.07, 6.45) is 2.76. The highest BCUT2D eigenvalue weighted by Crippen LogP contribution is 2.21. The molecule has 1 saturated heterocycles. The Labute approximate surface area is 183 Å². The molecule has 1 aliphatic rings. The molecule has 168 valence electrons. The monoisotopic (exact) mass is 429 g/mol. The standard InChI is InChI=1S/C23H32FN5O2/c1-3-12-31-22-9-4-18(15-26-22)16-27-23(25-2)28-17-21(29-10-13-30-14-11-29)19-5-7-20(24)8-6-19/h4-9,15,21H,3,10-14,16-17H2,1-2H3,(H2,25,27,28). The van der Waals surface area contributed by atoms with Crippen molar-refractivity contribution in [2.75, 3.05) is 46.5 Å². The molecule has 1 aliphatic heterocycles. The summed E-state index contributed by atoms with van der Waals surface area (Å²) in [6, 6.07) is 10.7. The molecule has 0 bridgehead atoms. The predicted octanol–water partition coefficient (Wildman–Crippen LogP) is 2.75. The van der Waals surface area contributed by atoms with E-state index in [0.29, 0.717) is 44.7 Å². The van der Waals surface area contributed by atoms with Gasteiger partial charge in [0.2, 0.25) is 5.88 Å². The number of halogens is 1. The number of aliphatic imine (C=N–C) groups is 1. The van der Waals surface area contributed by atoms with Crippen molar-refractivity contribution < 1.29 is 13.9 Å². The number of guanidine groups is 1. The number of morpholine rings is 1. The Bertz CT molecular complexity index is 808. The third-order valence-electron chi connectivity index (χ3n) is 5.14. The Morgan fingerprint density at radius 1 is 1.19 bits per heavy atom. The van der Waals surface area contributed by atoms with Crippen LogP contribution in [0.5, 0.6) is 5.88 Å². The number of hydrogen-bond acceptors (Lipinski definition) is 5. The van der Waals surface area contributed by atoms with Crippen LogP contribution in [-0.4, -0.2) is 62.3 Å². The van der Waals surface area contributed by atoms with Crippen molar-refractivity contribution in [3.8, 4) is 5.88 Å². The normalized spacial score (nSPS) is 16.0. The van der Waals surface area contributed by atoms with Gasteiger partial charge >= 0.3 is 0 Å². The first-order chi connectivity index (χ1) is 15.2. The van der Waals surface area contributed by atoms with Gasteiger partial charge in [0.05, 0.1) is 25.9 Å². The van der Waals surface area contributed by atoms with Crippen molar-refractivity contribution >= 4 is 5.96 Å². The second-order valence-corrected chi connectivity index (χ2v) is 7.38. The molecule has 1 fully saturated rings. The average molecular weight is 430 g/mol. The molecule has 7 nitrogen and oxygen atoms in total.